The molecule has 2 saturated heterocycles. The van der Waals surface area contributed by atoms with Gasteiger partial charge in [-0.15, -0.1) is 0 Å². The molecule has 1 aromatic rings. The molecule has 2 bridgehead atoms. The third-order valence-electron chi connectivity index (χ3n) is 10.1. The van der Waals surface area contributed by atoms with Crippen molar-refractivity contribution in [2.24, 2.45) is 17.8 Å². The molecule has 2 amide bonds. The maximum atomic E-state index is 13.7. The standard InChI is InChI=1S/C37H59N3O8S/c1-6-9-31-32(41)14-12-27(3)34(15-13-28-10-7-18-38-24-28)48-37(45)29-11-8-19-40(25-29)36(44)33(42)17-21-49(46)20-16-30(47-5)22-26(2)23-35(43)39(31)4/h7,10,18,24,26-27,29-31,33-34,42H,6,8-9,11-17,19-23,25H2,1-5H3/t26-,27-,29-,30-,31?,33?,34-,49?/m1/s1. The van der Waals surface area contributed by atoms with Crippen molar-refractivity contribution in [1.29, 1.82) is 0 Å². The summed E-state index contributed by atoms with van der Waals surface area (Å²) >= 11 is 0. The van der Waals surface area contributed by atoms with Crippen molar-refractivity contribution >= 4 is 34.4 Å². The van der Waals surface area contributed by atoms with Crippen LogP contribution in [0.4, 0.5) is 0 Å². The van der Waals surface area contributed by atoms with Gasteiger partial charge >= 0.3 is 5.97 Å². The minimum absolute atomic E-state index is 0.00114. The average Bonchev–Trinajstić information content (AvgIpc) is 3.11. The topological polar surface area (TPSA) is 143 Å². The van der Waals surface area contributed by atoms with Crippen LogP contribution in [0.3, 0.4) is 0 Å². The molecule has 3 unspecified atom stereocenters. The number of methoxy groups -OCH3 is 1. The first kappa shape index (κ1) is 40.7. The number of fused-ring (bicyclic) bond motifs is 2. The van der Waals surface area contributed by atoms with Crippen LogP contribution in [0.25, 0.3) is 0 Å². The van der Waals surface area contributed by atoms with E-state index in [0.29, 0.717) is 63.7 Å². The number of hydrogen-bond acceptors (Lipinski definition) is 9. The Kier molecular flexibility index (Phi) is 17.3. The summed E-state index contributed by atoms with van der Waals surface area (Å²) < 4.78 is 24.7. The molecule has 49 heavy (non-hydrogen) atoms. The first-order valence-corrected chi connectivity index (χ1v) is 19.6. The van der Waals surface area contributed by atoms with E-state index in [1.807, 2.05) is 32.9 Å². The SMILES string of the molecule is CCCC1C(=O)CC[C@@H](C)[C@@H](CCc2cccnc2)OC(=O)[C@@H]2CCCN(C2)C(=O)C(O)CCS(=O)CC[C@@H](OC)C[C@@H](C)CC(=O)N1C. The number of ether oxygens (including phenoxy) is 2. The van der Waals surface area contributed by atoms with Crippen LogP contribution in [-0.4, -0.2) is 111 Å². The molecule has 1 N–H and O–H groups in total. The highest BCUT2D eigenvalue weighted by Gasteiger charge is 2.35. The lowest BCUT2D eigenvalue weighted by Gasteiger charge is -2.34. The Bertz CT molecular complexity index is 1230. The van der Waals surface area contributed by atoms with Crippen molar-refractivity contribution in [2.45, 2.75) is 122 Å². The number of amides is 2. The molecule has 8 atom stereocenters. The summed E-state index contributed by atoms with van der Waals surface area (Å²) in [5.41, 5.74) is 1.02. The molecule has 3 rings (SSSR count). The highest BCUT2D eigenvalue weighted by molar-refractivity contribution is 7.84. The number of esters is 1. The number of cyclic esters (lactones) is 1. The van der Waals surface area contributed by atoms with Gasteiger partial charge in [0.15, 0.2) is 5.78 Å². The van der Waals surface area contributed by atoms with Gasteiger partial charge in [0.1, 0.15) is 12.2 Å². The van der Waals surface area contributed by atoms with Gasteiger partial charge in [0, 0.05) is 74.8 Å². The second-order valence-electron chi connectivity index (χ2n) is 14.1. The van der Waals surface area contributed by atoms with Gasteiger partial charge in [-0.2, -0.15) is 0 Å². The van der Waals surface area contributed by atoms with Gasteiger partial charge in [0.05, 0.1) is 18.1 Å². The number of Topliss-reactive ketones (excluding diaryl/α,β-unsaturated/α-hetero) is 1. The number of carbonyl (C=O) groups excluding carboxylic acids is 4. The van der Waals surface area contributed by atoms with E-state index < -0.39 is 40.9 Å². The van der Waals surface area contributed by atoms with Crippen LogP contribution in [0.1, 0.15) is 97.0 Å². The molecule has 0 spiro atoms. The van der Waals surface area contributed by atoms with Crippen molar-refractivity contribution in [1.82, 2.24) is 14.8 Å². The molecule has 2 aliphatic heterocycles. The number of hydrogen-bond donors (Lipinski definition) is 1. The maximum absolute atomic E-state index is 13.7. The molecule has 1 aromatic heterocycles. The minimum atomic E-state index is -1.30. The smallest absolute Gasteiger partial charge is 0.311 e. The third-order valence-corrected chi connectivity index (χ3v) is 11.5. The Morgan fingerprint density at radius 2 is 1.84 bits per heavy atom. The van der Waals surface area contributed by atoms with Crippen LogP contribution >= 0.6 is 0 Å². The predicted molar refractivity (Wildman–Crippen MR) is 189 cm³/mol. The molecule has 0 aromatic carbocycles. The fourth-order valence-corrected chi connectivity index (χ4v) is 8.13. The molecule has 11 nitrogen and oxygen atoms in total. The number of nitrogens with zero attached hydrogens (tertiary/aromatic N) is 3. The van der Waals surface area contributed by atoms with Crippen LogP contribution in [-0.2, 0) is 45.9 Å². The largest absolute Gasteiger partial charge is 0.462 e. The fourth-order valence-electron chi connectivity index (χ4n) is 6.92. The molecule has 276 valence electrons. The number of ketones is 1. The first-order valence-electron chi connectivity index (χ1n) is 18.2. The number of aromatic nitrogens is 1. The van der Waals surface area contributed by atoms with Crippen molar-refractivity contribution in [3.63, 3.8) is 0 Å². The van der Waals surface area contributed by atoms with Gasteiger partial charge in [-0.25, -0.2) is 0 Å². The van der Waals surface area contributed by atoms with E-state index in [0.717, 1.165) is 12.0 Å². The number of likely N-dealkylation sites (N-methyl/N-ethyl adjacent to an activating group) is 1. The van der Waals surface area contributed by atoms with E-state index in [4.69, 9.17) is 9.47 Å². The number of piperidine rings is 1. The monoisotopic (exact) mass is 705 g/mol. The van der Waals surface area contributed by atoms with Gasteiger partial charge in [0.25, 0.3) is 5.91 Å². The number of aliphatic hydroxyl groups is 1. The normalized spacial score (nSPS) is 31.2. The van der Waals surface area contributed by atoms with E-state index in [-0.39, 0.29) is 67.2 Å². The van der Waals surface area contributed by atoms with Gasteiger partial charge in [-0.05, 0) is 81.3 Å². The van der Waals surface area contributed by atoms with Crippen LogP contribution in [0.15, 0.2) is 24.5 Å². The van der Waals surface area contributed by atoms with Gasteiger partial charge < -0.3 is 24.4 Å². The maximum Gasteiger partial charge on any atom is 0.311 e. The zero-order chi connectivity index (χ0) is 35.9. The summed E-state index contributed by atoms with van der Waals surface area (Å²) in [5, 5.41) is 10.7. The zero-order valence-electron chi connectivity index (χ0n) is 30.2. The van der Waals surface area contributed by atoms with E-state index >= 15 is 0 Å². The Morgan fingerprint density at radius 1 is 1.08 bits per heavy atom. The van der Waals surface area contributed by atoms with E-state index in [2.05, 4.69) is 4.98 Å². The quantitative estimate of drug-likeness (QED) is 0.433. The zero-order valence-corrected chi connectivity index (χ0v) is 31.0. The molecule has 0 aliphatic carbocycles. The second-order valence-corrected chi connectivity index (χ2v) is 15.8. The Balaban J connectivity index is 1.83. The lowest BCUT2D eigenvalue weighted by atomic mass is 9.90. The van der Waals surface area contributed by atoms with Gasteiger partial charge in [-0.1, -0.05) is 33.3 Å². The molecule has 2 aliphatic rings. The van der Waals surface area contributed by atoms with E-state index in [1.54, 1.807) is 31.5 Å². The number of pyridine rings is 1. The van der Waals surface area contributed by atoms with Crippen molar-refractivity contribution in [3.8, 4) is 0 Å². The predicted octanol–water partition coefficient (Wildman–Crippen LogP) is 4.11. The number of aryl methyl sites for hydroxylation is 1. The number of aliphatic hydroxyl groups excluding tert-OH is 1. The first-order chi connectivity index (χ1) is 23.4. The van der Waals surface area contributed by atoms with Crippen molar-refractivity contribution in [3.05, 3.63) is 30.1 Å². The molecule has 12 heteroatoms. The lowest BCUT2D eigenvalue weighted by Crippen LogP contribution is -2.47. The third kappa shape index (κ3) is 13.2. The Hall–Kier alpha value is -2.70. The van der Waals surface area contributed by atoms with E-state index in [1.165, 1.54) is 4.90 Å². The summed E-state index contributed by atoms with van der Waals surface area (Å²) in [5.74, 6) is -1.08. The van der Waals surface area contributed by atoms with Crippen LogP contribution in [0.5, 0.6) is 0 Å². The van der Waals surface area contributed by atoms with Gasteiger partial charge in [-0.3, -0.25) is 28.4 Å². The minimum Gasteiger partial charge on any atom is -0.462 e. The highest BCUT2D eigenvalue weighted by atomic mass is 32.2. The molecule has 3 heterocycles. The van der Waals surface area contributed by atoms with Crippen LogP contribution in [0.2, 0.25) is 0 Å². The fraction of sp³-hybridized carbons (Fsp3) is 0.757. The summed E-state index contributed by atoms with van der Waals surface area (Å²) in [6.07, 6.45) is 7.47. The summed E-state index contributed by atoms with van der Waals surface area (Å²) in [7, 11) is 2.05. The molecular formula is C37H59N3O8S. The molecule has 0 radical (unpaired) electrons. The van der Waals surface area contributed by atoms with Crippen LogP contribution < -0.4 is 0 Å². The summed E-state index contributed by atoms with van der Waals surface area (Å²) in [6.45, 7) is 6.58. The van der Waals surface area contributed by atoms with Crippen LogP contribution in [0, 0.1) is 17.8 Å². The molecule has 0 saturated carbocycles. The van der Waals surface area contributed by atoms with Gasteiger partial charge in [0.2, 0.25) is 5.91 Å². The van der Waals surface area contributed by atoms with Crippen molar-refractivity contribution in [2.75, 3.05) is 38.8 Å². The summed E-state index contributed by atoms with van der Waals surface area (Å²) in [6, 6.07) is 3.32. The molecule has 2 fully saturated rings. The summed E-state index contributed by atoms with van der Waals surface area (Å²) in [4.78, 5) is 61.2. The second kappa shape index (κ2) is 20.8. The Morgan fingerprint density at radius 3 is 2.53 bits per heavy atom. The average molecular weight is 706 g/mol. The highest BCUT2D eigenvalue weighted by Crippen LogP contribution is 2.26. The number of carbonyl (C=O) groups is 4. The molecular weight excluding hydrogens is 646 g/mol. The van der Waals surface area contributed by atoms with E-state index in [9.17, 15) is 28.5 Å². The Labute approximate surface area is 295 Å². The van der Waals surface area contributed by atoms with Crippen molar-refractivity contribution < 1.29 is 38.0 Å². The lowest BCUT2D eigenvalue weighted by molar-refractivity contribution is -0.161. The number of rotatable bonds is 6.